The lowest BCUT2D eigenvalue weighted by molar-refractivity contribution is -0.384. The molecule has 1 fully saturated rings. The van der Waals surface area contributed by atoms with Crippen LogP contribution in [0.1, 0.15) is 6.42 Å². The number of nitro benzene ring substituents is 1. The van der Waals surface area contributed by atoms with Crippen molar-refractivity contribution in [3.8, 4) is 0 Å². The standard InChI is InChI=1S/C11H9F2N3O4/c12-6-2-8(9(16(19)20)3-7(6)13)15-4-5(11(14)18)1-10(15)17/h2-3,5H,1,4H2,(H2,14,18). The van der Waals surface area contributed by atoms with Crippen LogP contribution < -0.4 is 10.6 Å². The van der Waals surface area contributed by atoms with Crippen molar-refractivity contribution in [2.24, 2.45) is 11.7 Å². The Morgan fingerprint density at radius 2 is 2.00 bits per heavy atom. The van der Waals surface area contributed by atoms with E-state index in [-0.39, 0.29) is 18.7 Å². The van der Waals surface area contributed by atoms with Crippen molar-refractivity contribution in [2.75, 3.05) is 11.4 Å². The molecule has 1 atom stereocenters. The molecule has 106 valence electrons. The molecule has 1 aromatic carbocycles. The zero-order chi connectivity index (χ0) is 15.0. The number of carbonyl (C=O) groups excluding carboxylic acids is 2. The summed E-state index contributed by atoms with van der Waals surface area (Å²) in [4.78, 5) is 33.6. The van der Waals surface area contributed by atoms with Crippen molar-refractivity contribution in [3.05, 3.63) is 33.9 Å². The van der Waals surface area contributed by atoms with E-state index >= 15 is 0 Å². The smallest absolute Gasteiger partial charge is 0.296 e. The Hall–Kier alpha value is -2.58. The third kappa shape index (κ3) is 2.29. The van der Waals surface area contributed by atoms with Gasteiger partial charge in [0.25, 0.3) is 5.69 Å². The summed E-state index contributed by atoms with van der Waals surface area (Å²) in [5.74, 6) is -4.86. The molecule has 2 amide bonds. The van der Waals surface area contributed by atoms with E-state index in [1.54, 1.807) is 0 Å². The average Bonchev–Trinajstić information content (AvgIpc) is 2.74. The molecule has 9 heteroatoms. The fourth-order valence-corrected chi connectivity index (χ4v) is 2.02. The number of hydrogen-bond acceptors (Lipinski definition) is 4. The number of hydrogen-bond donors (Lipinski definition) is 1. The summed E-state index contributed by atoms with van der Waals surface area (Å²) in [6, 6.07) is 0.963. The molecule has 2 rings (SSSR count). The van der Waals surface area contributed by atoms with Gasteiger partial charge in [-0.2, -0.15) is 0 Å². The number of rotatable bonds is 3. The second-order valence-electron chi connectivity index (χ2n) is 4.32. The van der Waals surface area contributed by atoms with E-state index in [0.717, 1.165) is 4.90 Å². The Bertz CT molecular complexity index is 620. The Balaban J connectivity index is 2.47. The molecule has 1 saturated heterocycles. The molecule has 0 aromatic heterocycles. The molecule has 1 heterocycles. The maximum atomic E-state index is 13.2. The van der Waals surface area contributed by atoms with Crippen molar-refractivity contribution >= 4 is 23.2 Å². The predicted molar refractivity (Wildman–Crippen MR) is 62.7 cm³/mol. The number of carbonyl (C=O) groups is 2. The summed E-state index contributed by atoms with van der Waals surface area (Å²) >= 11 is 0. The van der Waals surface area contributed by atoms with Crippen LogP contribution in [-0.2, 0) is 9.59 Å². The van der Waals surface area contributed by atoms with Crippen LogP contribution >= 0.6 is 0 Å². The highest BCUT2D eigenvalue weighted by molar-refractivity contribution is 6.01. The van der Waals surface area contributed by atoms with Gasteiger partial charge >= 0.3 is 0 Å². The summed E-state index contributed by atoms with van der Waals surface area (Å²) < 4.78 is 26.3. The first-order valence-electron chi connectivity index (χ1n) is 5.54. The summed E-state index contributed by atoms with van der Waals surface area (Å²) in [5, 5.41) is 10.9. The monoisotopic (exact) mass is 285 g/mol. The van der Waals surface area contributed by atoms with Gasteiger partial charge in [0.05, 0.1) is 16.9 Å². The lowest BCUT2D eigenvalue weighted by Gasteiger charge is -2.16. The van der Waals surface area contributed by atoms with E-state index < -0.39 is 40.0 Å². The quantitative estimate of drug-likeness (QED) is 0.652. The molecular formula is C11H9F2N3O4. The number of nitro groups is 1. The number of primary amides is 1. The summed E-state index contributed by atoms with van der Waals surface area (Å²) in [6.07, 6.45) is -0.217. The molecule has 1 aromatic rings. The highest BCUT2D eigenvalue weighted by Gasteiger charge is 2.37. The second-order valence-corrected chi connectivity index (χ2v) is 4.32. The molecule has 1 aliphatic heterocycles. The topological polar surface area (TPSA) is 107 Å². The van der Waals surface area contributed by atoms with Crippen LogP contribution in [0.3, 0.4) is 0 Å². The van der Waals surface area contributed by atoms with E-state index in [1.807, 2.05) is 0 Å². The number of amides is 2. The van der Waals surface area contributed by atoms with Crippen LogP contribution in [0, 0.1) is 27.7 Å². The van der Waals surface area contributed by atoms with Crippen molar-refractivity contribution in [1.82, 2.24) is 0 Å². The van der Waals surface area contributed by atoms with Crippen molar-refractivity contribution < 1.29 is 23.3 Å². The fourth-order valence-electron chi connectivity index (χ4n) is 2.02. The maximum Gasteiger partial charge on any atom is 0.296 e. The third-order valence-corrected chi connectivity index (χ3v) is 3.03. The van der Waals surface area contributed by atoms with Gasteiger partial charge in [0.2, 0.25) is 11.8 Å². The van der Waals surface area contributed by atoms with Crippen molar-refractivity contribution in [1.29, 1.82) is 0 Å². The predicted octanol–water partition coefficient (Wildman–Crippen LogP) is 0.711. The lowest BCUT2D eigenvalue weighted by atomic mass is 10.1. The first kappa shape index (κ1) is 13.8. The Morgan fingerprint density at radius 3 is 2.50 bits per heavy atom. The molecule has 0 radical (unpaired) electrons. The average molecular weight is 285 g/mol. The molecule has 1 aliphatic rings. The zero-order valence-electron chi connectivity index (χ0n) is 10.0. The largest absolute Gasteiger partial charge is 0.369 e. The van der Waals surface area contributed by atoms with Crippen LogP contribution in [0.15, 0.2) is 12.1 Å². The molecule has 0 bridgehead atoms. The fraction of sp³-hybridized carbons (Fsp3) is 0.273. The first-order chi connectivity index (χ1) is 9.31. The van der Waals surface area contributed by atoms with Crippen LogP contribution in [0.25, 0.3) is 0 Å². The van der Waals surface area contributed by atoms with E-state index in [9.17, 15) is 28.5 Å². The Morgan fingerprint density at radius 1 is 1.40 bits per heavy atom. The van der Waals surface area contributed by atoms with E-state index in [1.165, 1.54) is 0 Å². The molecule has 7 nitrogen and oxygen atoms in total. The number of anilines is 1. The maximum absolute atomic E-state index is 13.2. The number of halogens is 2. The van der Waals surface area contributed by atoms with Crippen molar-refractivity contribution in [3.63, 3.8) is 0 Å². The van der Waals surface area contributed by atoms with Gasteiger partial charge < -0.3 is 10.6 Å². The summed E-state index contributed by atoms with van der Waals surface area (Å²) in [7, 11) is 0. The molecule has 1 unspecified atom stereocenters. The minimum Gasteiger partial charge on any atom is -0.369 e. The highest BCUT2D eigenvalue weighted by Crippen LogP contribution is 2.34. The molecule has 2 N–H and O–H groups in total. The van der Waals surface area contributed by atoms with Gasteiger partial charge in [-0.1, -0.05) is 0 Å². The molecule has 20 heavy (non-hydrogen) atoms. The number of nitrogens with two attached hydrogens (primary N) is 1. The minimum atomic E-state index is -1.39. The molecule has 0 saturated carbocycles. The van der Waals surface area contributed by atoms with Gasteiger partial charge in [-0.25, -0.2) is 8.78 Å². The van der Waals surface area contributed by atoms with Crippen LogP contribution in [-0.4, -0.2) is 23.3 Å². The lowest BCUT2D eigenvalue weighted by Crippen LogP contribution is -2.29. The van der Waals surface area contributed by atoms with Crippen molar-refractivity contribution in [2.45, 2.75) is 6.42 Å². The van der Waals surface area contributed by atoms with Gasteiger partial charge in [0, 0.05) is 19.0 Å². The normalized spacial score (nSPS) is 18.4. The van der Waals surface area contributed by atoms with Gasteiger partial charge in [-0.05, 0) is 0 Å². The Labute approximate surface area is 111 Å². The number of benzene rings is 1. The minimum absolute atomic E-state index is 0.194. The third-order valence-electron chi connectivity index (χ3n) is 3.03. The van der Waals surface area contributed by atoms with Gasteiger partial charge in [0.15, 0.2) is 11.6 Å². The van der Waals surface area contributed by atoms with Crippen LogP contribution in [0.4, 0.5) is 20.2 Å². The van der Waals surface area contributed by atoms with Gasteiger partial charge in [-0.3, -0.25) is 19.7 Å². The van der Waals surface area contributed by atoms with Crippen LogP contribution in [0.5, 0.6) is 0 Å². The Kier molecular flexibility index (Phi) is 3.35. The van der Waals surface area contributed by atoms with E-state index in [4.69, 9.17) is 5.73 Å². The summed E-state index contributed by atoms with van der Waals surface area (Å²) in [5.41, 5.74) is 3.93. The second kappa shape index (κ2) is 4.83. The van der Waals surface area contributed by atoms with Crippen LogP contribution in [0.2, 0.25) is 0 Å². The zero-order valence-corrected chi connectivity index (χ0v) is 10.0. The SMILES string of the molecule is NC(=O)C1CC(=O)N(c2cc(F)c(F)cc2[N+](=O)[O-])C1. The van der Waals surface area contributed by atoms with E-state index in [2.05, 4.69) is 0 Å². The molecule has 0 spiro atoms. The van der Waals surface area contributed by atoms with E-state index in [0.29, 0.717) is 12.1 Å². The van der Waals surface area contributed by atoms with Gasteiger partial charge in [-0.15, -0.1) is 0 Å². The van der Waals surface area contributed by atoms with Gasteiger partial charge in [0.1, 0.15) is 5.69 Å². The number of nitrogens with zero attached hydrogens (tertiary/aromatic N) is 2. The molecule has 0 aliphatic carbocycles. The summed E-state index contributed by atoms with van der Waals surface area (Å²) in [6.45, 7) is -0.194. The highest BCUT2D eigenvalue weighted by atomic mass is 19.2. The first-order valence-corrected chi connectivity index (χ1v) is 5.54. The molecular weight excluding hydrogens is 276 g/mol.